The number of nitrogens with one attached hydrogen (secondary N) is 1. The molecule has 1 amide bonds. The fourth-order valence-electron chi connectivity index (χ4n) is 3.40. The summed E-state index contributed by atoms with van der Waals surface area (Å²) in [6.07, 6.45) is 0.871. The number of alkyl carbamates (subject to hydrolysis) is 1. The van der Waals surface area contributed by atoms with Gasteiger partial charge < -0.3 is 29.5 Å². The fourth-order valence-corrected chi connectivity index (χ4v) is 3.40. The number of carbonyl (C=O) groups is 1. The summed E-state index contributed by atoms with van der Waals surface area (Å²) < 4.78 is 16.5. The predicted octanol–water partition coefficient (Wildman–Crippen LogP) is 2.48. The van der Waals surface area contributed by atoms with Crippen LogP contribution in [0.25, 0.3) is 0 Å². The second-order valence-corrected chi connectivity index (χ2v) is 8.11. The highest BCUT2D eigenvalue weighted by atomic mass is 16.6. The van der Waals surface area contributed by atoms with Crippen molar-refractivity contribution in [3.63, 3.8) is 0 Å². The standard InChI is InChI=1S/C20H30N2O5/c1-20(2,3)27-19(24)21-15(13-22-8-4-5-9-22)18(23)14-6-7-16-17(12-14)26-11-10-25-16/h6-7,12,15,18,23H,4-5,8-11,13H2,1-3H3,(H,21,24)/t15-,18-/m1/s1. The molecule has 2 aliphatic heterocycles. The molecule has 1 aromatic rings. The minimum atomic E-state index is -0.881. The van der Waals surface area contributed by atoms with Gasteiger partial charge in [0.1, 0.15) is 24.9 Å². The fraction of sp³-hybridized carbons (Fsp3) is 0.650. The van der Waals surface area contributed by atoms with Crippen molar-refractivity contribution in [3.05, 3.63) is 23.8 Å². The number of rotatable bonds is 5. The molecule has 2 atom stereocenters. The molecular formula is C20H30N2O5. The molecule has 0 aliphatic carbocycles. The lowest BCUT2D eigenvalue weighted by Crippen LogP contribution is -2.48. The van der Waals surface area contributed by atoms with Gasteiger partial charge in [-0.1, -0.05) is 6.07 Å². The predicted molar refractivity (Wildman–Crippen MR) is 101 cm³/mol. The van der Waals surface area contributed by atoms with Gasteiger partial charge in [-0.25, -0.2) is 4.79 Å². The van der Waals surface area contributed by atoms with Crippen molar-refractivity contribution in [3.8, 4) is 11.5 Å². The van der Waals surface area contributed by atoms with Crippen molar-refractivity contribution < 1.29 is 24.1 Å². The van der Waals surface area contributed by atoms with E-state index in [2.05, 4.69) is 10.2 Å². The molecule has 0 unspecified atom stereocenters. The Balaban J connectivity index is 1.74. The Kier molecular flexibility index (Phi) is 6.11. The van der Waals surface area contributed by atoms with E-state index in [1.54, 1.807) is 12.1 Å². The summed E-state index contributed by atoms with van der Waals surface area (Å²) in [4.78, 5) is 14.6. The summed E-state index contributed by atoms with van der Waals surface area (Å²) in [7, 11) is 0. The number of benzene rings is 1. The van der Waals surface area contributed by atoms with Gasteiger partial charge in [-0.05, 0) is 64.4 Å². The van der Waals surface area contributed by atoms with Gasteiger partial charge in [0.25, 0.3) is 0 Å². The van der Waals surface area contributed by atoms with Crippen molar-refractivity contribution in [1.29, 1.82) is 0 Å². The Bertz CT molecular complexity index is 652. The molecule has 1 aromatic carbocycles. The molecule has 2 aliphatic rings. The Morgan fingerprint density at radius 3 is 2.56 bits per heavy atom. The molecule has 27 heavy (non-hydrogen) atoms. The van der Waals surface area contributed by atoms with Gasteiger partial charge >= 0.3 is 6.09 Å². The van der Waals surface area contributed by atoms with Crippen LogP contribution in [0.3, 0.4) is 0 Å². The van der Waals surface area contributed by atoms with Crippen LogP contribution in [0.1, 0.15) is 45.3 Å². The van der Waals surface area contributed by atoms with Gasteiger partial charge in [-0.3, -0.25) is 0 Å². The molecule has 0 saturated carbocycles. The Morgan fingerprint density at radius 2 is 1.89 bits per heavy atom. The third-order valence-corrected chi connectivity index (χ3v) is 4.64. The highest BCUT2D eigenvalue weighted by molar-refractivity contribution is 5.68. The van der Waals surface area contributed by atoms with Gasteiger partial charge in [0, 0.05) is 6.54 Å². The third-order valence-electron chi connectivity index (χ3n) is 4.64. The van der Waals surface area contributed by atoms with Crippen LogP contribution in [0.4, 0.5) is 4.79 Å². The second kappa shape index (κ2) is 8.35. The third kappa shape index (κ3) is 5.49. The average molecular weight is 378 g/mol. The van der Waals surface area contributed by atoms with Crippen molar-refractivity contribution in [2.75, 3.05) is 32.8 Å². The minimum Gasteiger partial charge on any atom is -0.486 e. The van der Waals surface area contributed by atoms with E-state index in [1.807, 2.05) is 26.8 Å². The van der Waals surface area contributed by atoms with E-state index in [-0.39, 0.29) is 0 Å². The maximum atomic E-state index is 12.3. The van der Waals surface area contributed by atoms with Gasteiger partial charge in [0.2, 0.25) is 0 Å². The largest absolute Gasteiger partial charge is 0.486 e. The first-order valence-electron chi connectivity index (χ1n) is 9.61. The number of likely N-dealkylation sites (tertiary alicyclic amines) is 1. The molecule has 2 N–H and O–H groups in total. The molecule has 150 valence electrons. The zero-order valence-corrected chi connectivity index (χ0v) is 16.4. The molecule has 0 bridgehead atoms. The quantitative estimate of drug-likeness (QED) is 0.819. The Labute approximate surface area is 160 Å². The molecule has 0 radical (unpaired) electrons. The van der Waals surface area contributed by atoms with Crippen molar-refractivity contribution in [2.45, 2.75) is 51.4 Å². The summed E-state index contributed by atoms with van der Waals surface area (Å²) in [5.41, 5.74) is 0.0871. The first-order valence-corrected chi connectivity index (χ1v) is 9.61. The summed E-state index contributed by atoms with van der Waals surface area (Å²) in [5, 5.41) is 13.8. The van der Waals surface area contributed by atoms with Crippen LogP contribution in [-0.2, 0) is 4.74 Å². The lowest BCUT2D eigenvalue weighted by atomic mass is 10.0. The highest BCUT2D eigenvalue weighted by Crippen LogP contribution is 2.33. The van der Waals surface area contributed by atoms with Crippen LogP contribution >= 0.6 is 0 Å². The molecule has 1 fully saturated rings. The zero-order chi connectivity index (χ0) is 19.4. The van der Waals surface area contributed by atoms with Gasteiger partial charge in [0.05, 0.1) is 6.04 Å². The number of fused-ring (bicyclic) bond motifs is 1. The van der Waals surface area contributed by atoms with E-state index in [9.17, 15) is 9.90 Å². The van der Waals surface area contributed by atoms with E-state index in [0.29, 0.717) is 36.8 Å². The lowest BCUT2D eigenvalue weighted by Gasteiger charge is -2.30. The monoisotopic (exact) mass is 378 g/mol. The molecule has 7 nitrogen and oxygen atoms in total. The SMILES string of the molecule is CC(C)(C)OC(=O)N[C@H](CN1CCCC1)[C@H](O)c1ccc2c(c1)OCCO2. The first-order chi connectivity index (χ1) is 12.8. The second-order valence-electron chi connectivity index (χ2n) is 8.11. The molecule has 0 spiro atoms. The van der Waals surface area contributed by atoms with Gasteiger partial charge in [0.15, 0.2) is 11.5 Å². The minimum absolute atomic E-state index is 0.486. The molecule has 3 rings (SSSR count). The highest BCUT2D eigenvalue weighted by Gasteiger charge is 2.29. The Morgan fingerprint density at radius 1 is 1.22 bits per heavy atom. The van der Waals surface area contributed by atoms with Gasteiger partial charge in [-0.2, -0.15) is 0 Å². The van der Waals surface area contributed by atoms with Crippen molar-refractivity contribution >= 4 is 6.09 Å². The number of nitrogens with zero attached hydrogens (tertiary/aromatic N) is 1. The number of aliphatic hydroxyl groups is 1. The number of amides is 1. The molecule has 0 aromatic heterocycles. The summed E-state index contributed by atoms with van der Waals surface area (Å²) in [6.45, 7) is 8.97. The van der Waals surface area contributed by atoms with E-state index >= 15 is 0 Å². The number of hydrogen-bond donors (Lipinski definition) is 2. The normalized spacial score (nSPS) is 19.4. The van der Waals surface area contributed by atoms with E-state index < -0.39 is 23.8 Å². The maximum absolute atomic E-state index is 12.3. The average Bonchev–Trinajstić information content (AvgIpc) is 3.11. The van der Waals surface area contributed by atoms with Crippen LogP contribution in [0.5, 0.6) is 11.5 Å². The van der Waals surface area contributed by atoms with Gasteiger partial charge in [-0.15, -0.1) is 0 Å². The molecule has 1 saturated heterocycles. The van der Waals surface area contributed by atoms with E-state index in [4.69, 9.17) is 14.2 Å². The van der Waals surface area contributed by atoms with Crippen LogP contribution in [-0.4, -0.2) is 60.6 Å². The summed E-state index contributed by atoms with van der Waals surface area (Å²) in [6, 6.07) is 4.91. The summed E-state index contributed by atoms with van der Waals surface area (Å²) >= 11 is 0. The topological polar surface area (TPSA) is 80.3 Å². The van der Waals surface area contributed by atoms with Crippen molar-refractivity contribution in [1.82, 2.24) is 10.2 Å². The maximum Gasteiger partial charge on any atom is 0.408 e. The van der Waals surface area contributed by atoms with Crippen LogP contribution in [0, 0.1) is 0 Å². The van der Waals surface area contributed by atoms with E-state index in [1.165, 1.54) is 0 Å². The van der Waals surface area contributed by atoms with Crippen molar-refractivity contribution in [2.24, 2.45) is 0 Å². The number of carbonyl (C=O) groups excluding carboxylic acids is 1. The van der Waals surface area contributed by atoms with Crippen LogP contribution in [0.2, 0.25) is 0 Å². The Hall–Kier alpha value is -1.99. The number of hydrogen-bond acceptors (Lipinski definition) is 6. The first kappa shape index (κ1) is 19.8. The zero-order valence-electron chi connectivity index (χ0n) is 16.4. The van der Waals surface area contributed by atoms with Crippen LogP contribution in [0.15, 0.2) is 18.2 Å². The molecule has 7 heteroatoms. The molecule has 2 heterocycles. The van der Waals surface area contributed by atoms with E-state index in [0.717, 1.165) is 25.9 Å². The summed E-state index contributed by atoms with van der Waals surface area (Å²) in [5.74, 6) is 1.29. The smallest absolute Gasteiger partial charge is 0.408 e. The van der Waals surface area contributed by atoms with Crippen LogP contribution < -0.4 is 14.8 Å². The molecular weight excluding hydrogens is 348 g/mol. The lowest BCUT2D eigenvalue weighted by molar-refractivity contribution is 0.0387. The number of ether oxygens (including phenoxy) is 3. The number of aliphatic hydroxyl groups excluding tert-OH is 1.